The maximum Gasteiger partial charge on any atom is 0.223 e. The Bertz CT molecular complexity index is 931. The van der Waals surface area contributed by atoms with E-state index in [4.69, 9.17) is 4.74 Å². The third-order valence-corrected chi connectivity index (χ3v) is 5.37. The summed E-state index contributed by atoms with van der Waals surface area (Å²) in [7, 11) is 0. The van der Waals surface area contributed by atoms with Gasteiger partial charge in [-0.15, -0.1) is 0 Å². The fourth-order valence-electron chi connectivity index (χ4n) is 3.31. The first kappa shape index (κ1) is 33.5. The topological polar surface area (TPSA) is 80.3 Å². The van der Waals surface area contributed by atoms with Gasteiger partial charge in [-0.05, 0) is 56.6 Å². The number of carbonyl (C=O) groups excluding carboxylic acids is 2. The van der Waals surface area contributed by atoms with Crippen LogP contribution in [0.4, 0.5) is 0 Å². The van der Waals surface area contributed by atoms with Crippen LogP contribution in [0.15, 0.2) is 91.4 Å². The predicted octanol–water partition coefficient (Wildman–Crippen LogP) is 6.66. The molecule has 0 aliphatic rings. The lowest BCUT2D eigenvalue weighted by atomic mass is 10.2. The quantitative estimate of drug-likeness (QED) is 0.129. The van der Waals surface area contributed by atoms with Crippen LogP contribution in [0.3, 0.4) is 0 Å². The van der Waals surface area contributed by atoms with Crippen LogP contribution >= 0.6 is 0 Å². The number of ether oxygens (including phenoxy) is 1. The third-order valence-electron chi connectivity index (χ3n) is 5.37. The molecule has 0 unspecified atom stereocenters. The van der Waals surface area contributed by atoms with Crippen LogP contribution in [0.1, 0.15) is 70.3 Å². The van der Waals surface area contributed by atoms with E-state index in [0.717, 1.165) is 50.5 Å². The van der Waals surface area contributed by atoms with Gasteiger partial charge in [-0.25, -0.2) is 0 Å². The average Bonchev–Trinajstić information content (AvgIpc) is 2.94. The number of pyridine rings is 1. The number of unbranched alkanes of at least 4 members (excludes halogenated alkanes) is 1. The molecule has 0 spiro atoms. The van der Waals surface area contributed by atoms with E-state index in [1.165, 1.54) is 0 Å². The van der Waals surface area contributed by atoms with Crippen LogP contribution < -0.4 is 10.6 Å². The van der Waals surface area contributed by atoms with Gasteiger partial charge in [0.15, 0.2) is 0 Å². The van der Waals surface area contributed by atoms with Crippen LogP contribution in [-0.4, -0.2) is 43.1 Å². The van der Waals surface area contributed by atoms with Crippen LogP contribution in [0.25, 0.3) is 6.08 Å². The van der Waals surface area contributed by atoms with Crippen LogP contribution in [0.2, 0.25) is 0 Å². The second-order valence-corrected chi connectivity index (χ2v) is 8.81. The summed E-state index contributed by atoms with van der Waals surface area (Å²) in [6, 6.07) is 3.79. The van der Waals surface area contributed by atoms with E-state index in [9.17, 15) is 9.59 Å². The minimum atomic E-state index is -0.0560. The predicted molar refractivity (Wildman–Crippen MR) is 163 cm³/mol. The molecule has 0 aromatic carbocycles. The van der Waals surface area contributed by atoms with Crippen molar-refractivity contribution in [3.63, 3.8) is 0 Å². The molecule has 212 valence electrons. The van der Waals surface area contributed by atoms with E-state index in [1.54, 1.807) is 12.4 Å². The van der Waals surface area contributed by atoms with Crippen LogP contribution in [0, 0.1) is 0 Å². The molecule has 1 aromatic rings. The lowest BCUT2D eigenvalue weighted by molar-refractivity contribution is -0.121. The zero-order chi connectivity index (χ0) is 28.1. The molecule has 0 fully saturated rings. The van der Waals surface area contributed by atoms with E-state index < -0.39 is 0 Å². The smallest absolute Gasteiger partial charge is 0.223 e. The summed E-state index contributed by atoms with van der Waals surface area (Å²) in [5.74, 6) is -0.0146. The van der Waals surface area contributed by atoms with Gasteiger partial charge in [-0.1, -0.05) is 85.9 Å². The standard InChI is InChI=1S/C33H47N3O3/c1-2-3-4-5-6-7-8-9-10-11-12-13-14-15-16-17-18-23-32(37)35-26-28-39-29-27-36-33(38)24-19-21-31-22-20-25-34-30-31/h3-4,6-7,9-10,12-13,15-16,19-22,25,30H,2,5,8,11,14,17-18,23-24,26-29H2,1H3,(H,35,37)(H,36,38). The Morgan fingerprint density at radius 1 is 0.795 bits per heavy atom. The van der Waals surface area contributed by atoms with Crippen molar-refractivity contribution in [2.75, 3.05) is 26.3 Å². The fraction of sp³-hybridized carbons (Fsp3) is 0.424. The zero-order valence-corrected chi connectivity index (χ0v) is 23.6. The van der Waals surface area contributed by atoms with Gasteiger partial charge in [0.1, 0.15) is 0 Å². The lowest BCUT2D eigenvalue weighted by Crippen LogP contribution is -2.29. The zero-order valence-electron chi connectivity index (χ0n) is 23.6. The molecule has 0 aliphatic carbocycles. The first-order valence-corrected chi connectivity index (χ1v) is 14.1. The molecule has 0 radical (unpaired) electrons. The first-order chi connectivity index (χ1) is 19.2. The van der Waals surface area contributed by atoms with Crippen molar-refractivity contribution in [2.24, 2.45) is 0 Å². The number of hydrogen-bond donors (Lipinski definition) is 2. The lowest BCUT2D eigenvalue weighted by Gasteiger charge is -2.07. The molecule has 2 N–H and O–H groups in total. The summed E-state index contributed by atoms with van der Waals surface area (Å²) in [6.07, 6.45) is 36.5. The molecule has 0 atom stereocenters. The first-order valence-electron chi connectivity index (χ1n) is 14.1. The molecule has 1 aromatic heterocycles. The summed E-state index contributed by atoms with van der Waals surface area (Å²) in [4.78, 5) is 27.7. The number of amides is 2. The number of rotatable bonds is 22. The molecule has 0 aliphatic heterocycles. The van der Waals surface area contributed by atoms with Crippen molar-refractivity contribution in [1.29, 1.82) is 0 Å². The SMILES string of the molecule is CCC=CCC=CCC=CCC=CCC=CCCCC(=O)NCCOCCNC(=O)CC=Cc1cccnc1. The Kier molecular flexibility index (Phi) is 22.4. The van der Waals surface area contributed by atoms with Gasteiger partial charge < -0.3 is 15.4 Å². The number of nitrogens with zero attached hydrogens (tertiary/aromatic N) is 1. The molecule has 1 rings (SSSR count). The van der Waals surface area contributed by atoms with E-state index in [1.807, 2.05) is 24.3 Å². The molecule has 0 saturated heterocycles. The van der Waals surface area contributed by atoms with E-state index in [-0.39, 0.29) is 11.8 Å². The second kappa shape index (κ2) is 26.1. The number of allylic oxidation sites excluding steroid dienone is 10. The molecular weight excluding hydrogens is 486 g/mol. The van der Waals surface area contributed by atoms with Gasteiger partial charge in [-0.3, -0.25) is 14.6 Å². The van der Waals surface area contributed by atoms with Gasteiger partial charge in [-0.2, -0.15) is 0 Å². The van der Waals surface area contributed by atoms with E-state index >= 15 is 0 Å². The van der Waals surface area contributed by atoms with E-state index in [2.05, 4.69) is 83.3 Å². The Morgan fingerprint density at radius 3 is 1.97 bits per heavy atom. The Hall–Kier alpha value is -3.51. The number of aromatic nitrogens is 1. The highest BCUT2D eigenvalue weighted by Crippen LogP contribution is 2.00. The number of hydrogen-bond acceptors (Lipinski definition) is 4. The van der Waals surface area contributed by atoms with Gasteiger partial charge >= 0.3 is 0 Å². The molecule has 39 heavy (non-hydrogen) atoms. The van der Waals surface area contributed by atoms with Crippen LogP contribution in [0.5, 0.6) is 0 Å². The summed E-state index contributed by atoms with van der Waals surface area (Å²) in [5.41, 5.74) is 0.963. The molecule has 1 heterocycles. The number of nitrogens with one attached hydrogen (secondary N) is 2. The van der Waals surface area contributed by atoms with Crippen LogP contribution in [-0.2, 0) is 14.3 Å². The highest BCUT2D eigenvalue weighted by molar-refractivity contribution is 5.78. The Balaban J connectivity index is 1.89. The van der Waals surface area contributed by atoms with E-state index in [0.29, 0.717) is 39.1 Å². The van der Waals surface area contributed by atoms with Crippen molar-refractivity contribution < 1.29 is 14.3 Å². The van der Waals surface area contributed by atoms with Crippen molar-refractivity contribution in [2.45, 2.75) is 64.7 Å². The molecule has 0 saturated carbocycles. The van der Waals surface area contributed by atoms with Crippen molar-refractivity contribution in [3.8, 4) is 0 Å². The molecule has 2 amide bonds. The minimum absolute atomic E-state index is 0.0414. The molecule has 6 nitrogen and oxygen atoms in total. The van der Waals surface area contributed by atoms with Gasteiger partial charge in [0.25, 0.3) is 0 Å². The highest BCUT2D eigenvalue weighted by atomic mass is 16.5. The average molecular weight is 534 g/mol. The highest BCUT2D eigenvalue weighted by Gasteiger charge is 2.00. The van der Waals surface area contributed by atoms with Crippen molar-refractivity contribution >= 4 is 17.9 Å². The van der Waals surface area contributed by atoms with Crippen molar-refractivity contribution in [3.05, 3.63) is 96.9 Å². The van der Waals surface area contributed by atoms with Crippen molar-refractivity contribution in [1.82, 2.24) is 15.6 Å². The number of carbonyl (C=O) groups is 2. The molecule has 6 heteroatoms. The van der Waals surface area contributed by atoms with Gasteiger partial charge in [0, 0.05) is 38.3 Å². The largest absolute Gasteiger partial charge is 0.378 e. The fourth-order valence-corrected chi connectivity index (χ4v) is 3.31. The second-order valence-electron chi connectivity index (χ2n) is 8.81. The molecule has 0 bridgehead atoms. The summed E-state index contributed by atoms with van der Waals surface area (Å²) in [6.45, 7) is 3.91. The Morgan fingerprint density at radius 2 is 1.38 bits per heavy atom. The normalized spacial score (nSPS) is 12.2. The van der Waals surface area contributed by atoms with Gasteiger partial charge in [0.2, 0.25) is 11.8 Å². The summed E-state index contributed by atoms with van der Waals surface area (Å²) in [5, 5.41) is 5.67. The maximum absolute atomic E-state index is 11.9. The van der Waals surface area contributed by atoms with Gasteiger partial charge in [0.05, 0.1) is 13.2 Å². The minimum Gasteiger partial charge on any atom is -0.378 e. The molecular formula is C33H47N3O3. The monoisotopic (exact) mass is 533 g/mol. The summed E-state index contributed by atoms with van der Waals surface area (Å²) < 4.78 is 5.46. The Labute approximate surface area is 235 Å². The maximum atomic E-state index is 11.9. The third kappa shape index (κ3) is 23.3. The summed E-state index contributed by atoms with van der Waals surface area (Å²) >= 11 is 0.